The third-order valence-corrected chi connectivity index (χ3v) is 3.91. The minimum Gasteiger partial charge on any atom is -0.382 e. The average Bonchev–Trinajstić information content (AvgIpc) is 2.52. The van der Waals surface area contributed by atoms with Crippen molar-refractivity contribution in [3.63, 3.8) is 0 Å². The molecule has 1 fully saturated rings. The molecule has 0 amide bonds. The first kappa shape index (κ1) is 20.0. The van der Waals surface area contributed by atoms with Gasteiger partial charge in [-0.15, -0.1) is 0 Å². The van der Waals surface area contributed by atoms with E-state index in [2.05, 4.69) is 20.8 Å². The molecule has 4 nitrogen and oxygen atoms in total. The molecular weight excluding hydrogens is 279 g/mol. The van der Waals surface area contributed by atoms with E-state index in [1.54, 1.807) is 0 Å². The Labute approximate surface area is 137 Å². The Morgan fingerprint density at radius 2 is 1.32 bits per heavy atom. The molecule has 0 saturated carbocycles. The van der Waals surface area contributed by atoms with Gasteiger partial charge in [-0.1, -0.05) is 40.0 Å². The molecule has 1 heterocycles. The summed E-state index contributed by atoms with van der Waals surface area (Å²) in [6, 6.07) is -0.436. The van der Waals surface area contributed by atoms with Gasteiger partial charge in [-0.25, -0.2) is 0 Å². The summed E-state index contributed by atoms with van der Waals surface area (Å²) in [5.74, 6) is 0. The van der Waals surface area contributed by atoms with Crippen LogP contribution >= 0.6 is 0 Å². The molecule has 22 heavy (non-hydrogen) atoms. The zero-order chi connectivity index (χ0) is 16.2. The standard InChI is InChI=1S/C17H33BO4/c1-4-7-10-19-14-13-22-17(18)16(21-12-9-6-3)15(14)20-11-8-5-2/h14-17H,4-13H2,1-3H3/t14-,15+,16?,17-/m1/s1. The predicted molar refractivity (Wildman–Crippen MR) is 89.4 cm³/mol. The molecule has 4 atom stereocenters. The highest BCUT2D eigenvalue weighted by atomic mass is 16.6. The van der Waals surface area contributed by atoms with Crippen molar-refractivity contribution >= 4 is 7.85 Å². The smallest absolute Gasteiger partial charge is 0.114 e. The molecule has 128 valence electrons. The van der Waals surface area contributed by atoms with E-state index >= 15 is 0 Å². The fraction of sp³-hybridized carbons (Fsp3) is 1.00. The second-order valence-corrected chi connectivity index (χ2v) is 5.94. The molecule has 1 saturated heterocycles. The van der Waals surface area contributed by atoms with Crippen molar-refractivity contribution in [2.24, 2.45) is 0 Å². The summed E-state index contributed by atoms with van der Waals surface area (Å²) in [5.41, 5.74) is 0. The maximum absolute atomic E-state index is 6.09. The molecule has 2 radical (unpaired) electrons. The molecule has 1 aliphatic rings. The van der Waals surface area contributed by atoms with Crippen LogP contribution in [-0.2, 0) is 18.9 Å². The van der Waals surface area contributed by atoms with Crippen molar-refractivity contribution in [3.05, 3.63) is 0 Å². The molecule has 0 N–H and O–H groups in total. The topological polar surface area (TPSA) is 36.9 Å². The fourth-order valence-corrected chi connectivity index (χ4v) is 2.44. The third kappa shape index (κ3) is 6.99. The van der Waals surface area contributed by atoms with E-state index in [9.17, 15) is 0 Å². The van der Waals surface area contributed by atoms with E-state index in [1.807, 2.05) is 0 Å². The van der Waals surface area contributed by atoms with Gasteiger partial charge >= 0.3 is 0 Å². The fourth-order valence-electron chi connectivity index (χ4n) is 2.44. The van der Waals surface area contributed by atoms with Gasteiger partial charge in [-0.2, -0.15) is 0 Å². The number of unbranched alkanes of at least 4 members (excludes halogenated alkanes) is 3. The maximum Gasteiger partial charge on any atom is 0.114 e. The molecule has 0 aromatic heterocycles. The van der Waals surface area contributed by atoms with Crippen molar-refractivity contribution in [1.29, 1.82) is 0 Å². The van der Waals surface area contributed by atoms with Gasteiger partial charge < -0.3 is 18.9 Å². The summed E-state index contributed by atoms with van der Waals surface area (Å²) >= 11 is 0. The molecule has 0 aromatic carbocycles. The van der Waals surface area contributed by atoms with Gasteiger partial charge in [0, 0.05) is 25.8 Å². The quantitative estimate of drug-likeness (QED) is 0.410. The first-order valence-electron chi connectivity index (χ1n) is 8.96. The summed E-state index contributed by atoms with van der Waals surface area (Å²) < 4.78 is 23.6. The molecule has 1 rings (SSSR count). The Bertz CT molecular complexity index is 265. The second-order valence-electron chi connectivity index (χ2n) is 5.94. The van der Waals surface area contributed by atoms with Crippen molar-refractivity contribution in [2.45, 2.75) is 83.6 Å². The summed E-state index contributed by atoms with van der Waals surface area (Å²) in [4.78, 5) is 0. The Morgan fingerprint density at radius 3 is 1.86 bits per heavy atom. The molecule has 5 heteroatoms. The number of rotatable bonds is 12. The van der Waals surface area contributed by atoms with E-state index in [0.29, 0.717) is 13.2 Å². The third-order valence-electron chi connectivity index (χ3n) is 3.91. The molecule has 0 aliphatic carbocycles. The first-order valence-corrected chi connectivity index (χ1v) is 8.96. The van der Waals surface area contributed by atoms with Crippen LogP contribution in [0, 0.1) is 0 Å². The van der Waals surface area contributed by atoms with Crippen LogP contribution in [0.15, 0.2) is 0 Å². The Kier molecular flexibility index (Phi) is 11.2. The van der Waals surface area contributed by atoms with E-state index in [4.69, 9.17) is 26.8 Å². The van der Waals surface area contributed by atoms with Gasteiger partial charge in [0.2, 0.25) is 0 Å². The lowest BCUT2D eigenvalue weighted by atomic mass is 9.86. The van der Waals surface area contributed by atoms with Crippen LogP contribution in [0.1, 0.15) is 59.3 Å². The first-order chi connectivity index (χ1) is 10.7. The zero-order valence-electron chi connectivity index (χ0n) is 14.6. The number of hydrogen-bond donors (Lipinski definition) is 0. The van der Waals surface area contributed by atoms with Gasteiger partial charge in [0.15, 0.2) is 0 Å². The largest absolute Gasteiger partial charge is 0.382 e. The number of ether oxygens (including phenoxy) is 4. The van der Waals surface area contributed by atoms with Crippen LogP contribution in [0.4, 0.5) is 0 Å². The summed E-state index contributed by atoms with van der Waals surface area (Å²) in [5, 5.41) is 0. The molecular formula is C17H33BO4. The molecule has 0 spiro atoms. The van der Waals surface area contributed by atoms with Crippen LogP contribution in [0.25, 0.3) is 0 Å². The van der Waals surface area contributed by atoms with Crippen LogP contribution in [-0.4, -0.2) is 58.6 Å². The van der Waals surface area contributed by atoms with E-state index in [0.717, 1.165) is 51.7 Å². The van der Waals surface area contributed by atoms with Gasteiger partial charge in [-0.05, 0) is 19.3 Å². The highest BCUT2D eigenvalue weighted by molar-refractivity contribution is 6.11. The van der Waals surface area contributed by atoms with Crippen LogP contribution in [0.2, 0.25) is 0 Å². The predicted octanol–water partition coefficient (Wildman–Crippen LogP) is 3.07. The maximum atomic E-state index is 6.09. The monoisotopic (exact) mass is 312 g/mol. The second kappa shape index (κ2) is 12.3. The average molecular weight is 312 g/mol. The van der Waals surface area contributed by atoms with E-state index in [-0.39, 0.29) is 18.3 Å². The van der Waals surface area contributed by atoms with Crippen LogP contribution < -0.4 is 0 Å². The van der Waals surface area contributed by atoms with E-state index < -0.39 is 6.00 Å². The molecule has 0 bridgehead atoms. The van der Waals surface area contributed by atoms with Gasteiger partial charge in [0.1, 0.15) is 26.2 Å². The number of hydrogen-bond acceptors (Lipinski definition) is 4. The Hall–Kier alpha value is -0.0951. The molecule has 1 unspecified atom stereocenters. The van der Waals surface area contributed by atoms with Crippen molar-refractivity contribution in [1.82, 2.24) is 0 Å². The molecule has 1 aliphatic heterocycles. The van der Waals surface area contributed by atoms with Crippen LogP contribution in [0.5, 0.6) is 0 Å². The SMILES string of the molecule is [B][C@@H]1OC[C@@H](OCCCC)[C@H](OCCCC)C1OCCCC. The Balaban J connectivity index is 2.59. The minimum atomic E-state index is -0.436. The van der Waals surface area contributed by atoms with Crippen molar-refractivity contribution in [3.8, 4) is 0 Å². The Morgan fingerprint density at radius 1 is 0.818 bits per heavy atom. The highest BCUT2D eigenvalue weighted by Crippen LogP contribution is 2.23. The lowest BCUT2D eigenvalue weighted by molar-refractivity contribution is -0.213. The zero-order valence-corrected chi connectivity index (χ0v) is 14.6. The van der Waals surface area contributed by atoms with Crippen molar-refractivity contribution < 1.29 is 18.9 Å². The lowest BCUT2D eigenvalue weighted by Gasteiger charge is -2.41. The summed E-state index contributed by atoms with van der Waals surface area (Å²) in [7, 11) is 6.09. The minimum absolute atomic E-state index is 0.0881. The summed E-state index contributed by atoms with van der Waals surface area (Å²) in [6.07, 6.45) is 5.96. The van der Waals surface area contributed by atoms with Crippen molar-refractivity contribution in [2.75, 3.05) is 26.4 Å². The molecule has 0 aromatic rings. The lowest BCUT2D eigenvalue weighted by Crippen LogP contribution is -2.56. The normalized spacial score (nSPS) is 28.9. The van der Waals surface area contributed by atoms with Gasteiger partial charge in [-0.3, -0.25) is 0 Å². The van der Waals surface area contributed by atoms with Crippen LogP contribution in [0.3, 0.4) is 0 Å². The van der Waals surface area contributed by atoms with Gasteiger partial charge in [0.25, 0.3) is 0 Å². The van der Waals surface area contributed by atoms with E-state index in [1.165, 1.54) is 0 Å². The van der Waals surface area contributed by atoms with Gasteiger partial charge in [0.05, 0.1) is 6.61 Å². The highest BCUT2D eigenvalue weighted by Gasteiger charge is 2.40. The summed E-state index contributed by atoms with van der Waals surface area (Å²) in [6.45, 7) is 9.08.